The molecule has 0 saturated carbocycles. The highest BCUT2D eigenvalue weighted by atomic mass is 19.4. The van der Waals surface area contributed by atoms with E-state index >= 15 is 0 Å². The summed E-state index contributed by atoms with van der Waals surface area (Å²) < 4.78 is 37.3. The number of nitrogens with one attached hydrogen (secondary N) is 2. The minimum absolute atomic E-state index is 0.0279. The summed E-state index contributed by atoms with van der Waals surface area (Å²) in [5.74, 6) is -0.560. The fourth-order valence-corrected chi connectivity index (χ4v) is 1.26. The van der Waals surface area contributed by atoms with Crippen LogP contribution in [0.1, 0.15) is 15.9 Å². The zero-order valence-corrected chi connectivity index (χ0v) is 8.77. The molecule has 2 N–H and O–H groups in total. The normalized spacial score (nSPS) is 11.1. The number of amides is 1. The molecule has 6 heteroatoms. The lowest BCUT2D eigenvalue weighted by atomic mass is 10.1. The summed E-state index contributed by atoms with van der Waals surface area (Å²) in [5, 5.41) is 4.95. The number of carbonyl (C=O) groups is 1. The van der Waals surface area contributed by atoms with E-state index in [4.69, 9.17) is 0 Å². The Hall–Kier alpha value is -1.72. The molecule has 0 fully saturated rings. The van der Waals surface area contributed by atoms with Gasteiger partial charge in [0, 0.05) is 19.8 Å². The lowest BCUT2D eigenvalue weighted by Crippen LogP contribution is -2.20. The zero-order valence-electron chi connectivity index (χ0n) is 8.77. The predicted octanol–water partition coefficient (Wildman–Crippen LogP) is 2.11. The minimum atomic E-state index is -4.45. The van der Waals surface area contributed by atoms with Gasteiger partial charge in [-0.05, 0) is 18.2 Å². The number of halogens is 3. The van der Waals surface area contributed by atoms with Crippen molar-refractivity contribution in [2.45, 2.75) is 6.18 Å². The van der Waals surface area contributed by atoms with Gasteiger partial charge in [-0.25, -0.2) is 0 Å². The van der Waals surface area contributed by atoms with E-state index in [1.165, 1.54) is 20.2 Å². The monoisotopic (exact) mass is 232 g/mol. The third-order valence-corrected chi connectivity index (χ3v) is 2.09. The van der Waals surface area contributed by atoms with Crippen LogP contribution < -0.4 is 10.6 Å². The molecule has 88 valence electrons. The molecule has 0 atom stereocenters. The van der Waals surface area contributed by atoms with Crippen LogP contribution in [0.4, 0.5) is 18.9 Å². The molecular formula is C10H11F3N2O. The molecule has 0 aliphatic rings. The molecular weight excluding hydrogens is 221 g/mol. The van der Waals surface area contributed by atoms with Crippen LogP contribution in [-0.2, 0) is 6.18 Å². The predicted molar refractivity (Wildman–Crippen MR) is 54.4 cm³/mol. The standard InChI is InChI=1S/C10H11F3N2O/c1-14-8-4-3-6(10(11,12)13)5-7(8)9(16)15-2/h3-5,14H,1-2H3,(H,15,16). The number of anilines is 1. The molecule has 0 aliphatic carbocycles. The SMILES string of the molecule is CNC(=O)c1cc(C(F)(F)F)ccc1NC. The Morgan fingerprint density at radius 3 is 2.31 bits per heavy atom. The van der Waals surface area contributed by atoms with Crippen molar-refractivity contribution < 1.29 is 18.0 Å². The number of benzene rings is 1. The van der Waals surface area contributed by atoms with E-state index in [2.05, 4.69) is 10.6 Å². The summed E-state index contributed by atoms with van der Waals surface area (Å²) in [4.78, 5) is 11.4. The van der Waals surface area contributed by atoms with Gasteiger partial charge in [-0.2, -0.15) is 13.2 Å². The number of carbonyl (C=O) groups excluding carboxylic acids is 1. The molecule has 0 saturated heterocycles. The van der Waals surface area contributed by atoms with Crippen molar-refractivity contribution in [3.63, 3.8) is 0 Å². The van der Waals surface area contributed by atoms with E-state index in [9.17, 15) is 18.0 Å². The Balaban J connectivity index is 3.27. The van der Waals surface area contributed by atoms with Crippen molar-refractivity contribution in [3.8, 4) is 0 Å². The van der Waals surface area contributed by atoms with Crippen LogP contribution in [0.5, 0.6) is 0 Å². The van der Waals surface area contributed by atoms with E-state index in [0.29, 0.717) is 5.69 Å². The molecule has 0 unspecified atom stereocenters. The average Bonchev–Trinajstić information content (AvgIpc) is 2.25. The van der Waals surface area contributed by atoms with Gasteiger partial charge in [-0.1, -0.05) is 0 Å². The summed E-state index contributed by atoms with van der Waals surface area (Å²) in [6, 6.07) is 2.98. The zero-order chi connectivity index (χ0) is 12.3. The van der Waals surface area contributed by atoms with Crippen molar-refractivity contribution in [1.82, 2.24) is 5.32 Å². The van der Waals surface area contributed by atoms with Crippen molar-refractivity contribution in [1.29, 1.82) is 0 Å². The van der Waals surface area contributed by atoms with E-state index in [1.807, 2.05) is 0 Å². The van der Waals surface area contributed by atoms with E-state index in [0.717, 1.165) is 12.1 Å². The molecule has 1 aromatic carbocycles. The Morgan fingerprint density at radius 2 is 1.88 bits per heavy atom. The lowest BCUT2D eigenvalue weighted by molar-refractivity contribution is -0.137. The second-order valence-electron chi connectivity index (χ2n) is 3.09. The summed E-state index contributed by atoms with van der Waals surface area (Å²) in [7, 11) is 2.90. The van der Waals surface area contributed by atoms with Gasteiger partial charge < -0.3 is 10.6 Å². The second-order valence-corrected chi connectivity index (χ2v) is 3.09. The lowest BCUT2D eigenvalue weighted by Gasteiger charge is -2.12. The number of hydrogen-bond acceptors (Lipinski definition) is 2. The van der Waals surface area contributed by atoms with Crippen LogP contribution in [0, 0.1) is 0 Å². The van der Waals surface area contributed by atoms with Crippen LogP contribution in [0.2, 0.25) is 0 Å². The van der Waals surface area contributed by atoms with Crippen LogP contribution in [-0.4, -0.2) is 20.0 Å². The fraction of sp³-hybridized carbons (Fsp3) is 0.300. The van der Waals surface area contributed by atoms with Crippen LogP contribution in [0.15, 0.2) is 18.2 Å². The number of hydrogen-bond donors (Lipinski definition) is 2. The van der Waals surface area contributed by atoms with Gasteiger partial charge in [0.25, 0.3) is 5.91 Å². The first-order chi connectivity index (χ1) is 7.40. The van der Waals surface area contributed by atoms with Crippen molar-refractivity contribution in [2.24, 2.45) is 0 Å². The van der Waals surface area contributed by atoms with Crippen LogP contribution in [0.25, 0.3) is 0 Å². The fourth-order valence-electron chi connectivity index (χ4n) is 1.26. The highest BCUT2D eigenvalue weighted by Gasteiger charge is 2.31. The molecule has 1 amide bonds. The van der Waals surface area contributed by atoms with E-state index in [1.54, 1.807) is 0 Å². The second kappa shape index (κ2) is 4.42. The van der Waals surface area contributed by atoms with Gasteiger partial charge in [0.05, 0.1) is 11.1 Å². The molecule has 1 rings (SSSR count). The Bertz CT molecular complexity index is 402. The third-order valence-electron chi connectivity index (χ3n) is 2.09. The van der Waals surface area contributed by atoms with Gasteiger partial charge in [-0.15, -0.1) is 0 Å². The molecule has 1 aromatic rings. The molecule has 0 heterocycles. The highest BCUT2D eigenvalue weighted by molar-refractivity contribution is 5.99. The largest absolute Gasteiger partial charge is 0.416 e. The Morgan fingerprint density at radius 1 is 1.25 bits per heavy atom. The smallest absolute Gasteiger partial charge is 0.387 e. The summed E-state index contributed by atoms with van der Waals surface area (Å²) in [5.41, 5.74) is -0.516. The molecule has 0 aromatic heterocycles. The molecule has 3 nitrogen and oxygen atoms in total. The minimum Gasteiger partial charge on any atom is -0.387 e. The van der Waals surface area contributed by atoms with Gasteiger partial charge in [0.2, 0.25) is 0 Å². The maximum Gasteiger partial charge on any atom is 0.416 e. The van der Waals surface area contributed by atoms with Crippen molar-refractivity contribution in [2.75, 3.05) is 19.4 Å². The quantitative estimate of drug-likeness (QED) is 0.819. The van der Waals surface area contributed by atoms with Gasteiger partial charge >= 0.3 is 6.18 Å². The first-order valence-corrected chi connectivity index (χ1v) is 4.51. The van der Waals surface area contributed by atoms with E-state index < -0.39 is 17.6 Å². The van der Waals surface area contributed by atoms with Gasteiger partial charge in [0.1, 0.15) is 0 Å². The van der Waals surface area contributed by atoms with Crippen molar-refractivity contribution >= 4 is 11.6 Å². The maximum absolute atomic E-state index is 12.4. The summed E-state index contributed by atoms with van der Waals surface area (Å²) in [6.07, 6.45) is -4.45. The summed E-state index contributed by atoms with van der Waals surface area (Å²) >= 11 is 0. The maximum atomic E-state index is 12.4. The molecule has 0 aliphatic heterocycles. The molecule has 16 heavy (non-hydrogen) atoms. The van der Waals surface area contributed by atoms with Gasteiger partial charge in [-0.3, -0.25) is 4.79 Å². The van der Waals surface area contributed by atoms with Crippen LogP contribution in [0.3, 0.4) is 0 Å². The van der Waals surface area contributed by atoms with Crippen LogP contribution >= 0.6 is 0 Å². The molecule has 0 bridgehead atoms. The summed E-state index contributed by atoms with van der Waals surface area (Å²) in [6.45, 7) is 0. The first-order valence-electron chi connectivity index (χ1n) is 4.51. The topological polar surface area (TPSA) is 41.1 Å². The molecule has 0 radical (unpaired) electrons. The average molecular weight is 232 g/mol. The highest BCUT2D eigenvalue weighted by Crippen LogP contribution is 2.31. The van der Waals surface area contributed by atoms with Gasteiger partial charge in [0.15, 0.2) is 0 Å². The van der Waals surface area contributed by atoms with Crippen molar-refractivity contribution in [3.05, 3.63) is 29.3 Å². The Labute approximate surface area is 90.6 Å². The Kier molecular flexibility index (Phi) is 3.41. The first kappa shape index (κ1) is 12.4. The molecule has 0 spiro atoms. The van der Waals surface area contributed by atoms with E-state index in [-0.39, 0.29) is 5.56 Å². The third kappa shape index (κ3) is 2.44. The number of alkyl halides is 3. The number of rotatable bonds is 2.